The largest absolute Gasteiger partial charge is 0.465 e. The second-order valence-electron chi connectivity index (χ2n) is 15.4. The molecule has 0 amide bonds. The molecule has 11 atom stereocenters. The van der Waals surface area contributed by atoms with Crippen LogP contribution in [0.2, 0.25) is 0 Å². The second-order valence-corrected chi connectivity index (χ2v) is 15.4. The number of unbranched alkanes of at least 4 members (excludes halogenated alkanes) is 8. The van der Waals surface area contributed by atoms with Crippen molar-refractivity contribution >= 4 is 11.9 Å². The number of hydrogen-bond acceptors (Lipinski definition) is 8. The third-order valence-corrected chi connectivity index (χ3v) is 12.2. The summed E-state index contributed by atoms with van der Waals surface area (Å²) < 4.78 is 5.92. The standard InChI is InChI=1S/C35H62N6O3/c1-4-5-6-8-11-14-26-22-30-18-19-31-32(25(3)36-34(37-26)40(30)31)33(42)44-20-13-10-7-9-12-15-27-23-29-17-16-28-21-24(2)41(43)35(38-27)39(28)29/h24-32,34,36-37,43H,4-23H2,1-3H3/p+1/t24-,25?,26-,27-,28+,29+,30+,31?,32?,34?/m0/s1. The van der Waals surface area contributed by atoms with Gasteiger partial charge in [0.1, 0.15) is 12.0 Å². The molecule has 5 saturated heterocycles. The van der Waals surface area contributed by atoms with E-state index in [2.05, 4.69) is 36.3 Å². The summed E-state index contributed by atoms with van der Waals surface area (Å²) >= 11 is 0. The van der Waals surface area contributed by atoms with Gasteiger partial charge in [-0.15, -0.1) is 0 Å². The first kappa shape index (κ1) is 32.5. The van der Waals surface area contributed by atoms with Crippen molar-refractivity contribution in [2.75, 3.05) is 6.61 Å². The smallest absolute Gasteiger partial charge is 0.316 e. The minimum Gasteiger partial charge on any atom is -0.465 e. The molecule has 44 heavy (non-hydrogen) atoms. The van der Waals surface area contributed by atoms with Crippen LogP contribution < -0.4 is 15.5 Å². The molecule has 9 heteroatoms. The Balaban J connectivity index is 0.865. The van der Waals surface area contributed by atoms with Crippen molar-refractivity contribution in [1.82, 2.24) is 20.6 Å². The first-order chi connectivity index (χ1) is 21.4. The molecular weight excluding hydrogens is 552 g/mol. The van der Waals surface area contributed by atoms with Crippen LogP contribution in [0.25, 0.3) is 0 Å². The van der Waals surface area contributed by atoms with Crippen molar-refractivity contribution in [3.05, 3.63) is 0 Å². The average molecular weight is 616 g/mol. The van der Waals surface area contributed by atoms with Gasteiger partial charge in [0.15, 0.2) is 6.29 Å². The van der Waals surface area contributed by atoms with Gasteiger partial charge in [-0.25, -0.2) is 10.1 Å². The van der Waals surface area contributed by atoms with Gasteiger partial charge in [-0.1, -0.05) is 64.7 Å². The lowest BCUT2D eigenvalue weighted by Gasteiger charge is -2.49. The molecule has 0 saturated carbocycles. The van der Waals surface area contributed by atoms with E-state index in [1.54, 1.807) is 4.90 Å². The topological polar surface area (TPSA) is 93.9 Å². The number of guanidine groups is 1. The Hall–Kier alpha value is -1.42. The minimum atomic E-state index is -0.0381. The maximum absolute atomic E-state index is 13.3. The fourth-order valence-corrected chi connectivity index (χ4v) is 9.95. The zero-order valence-electron chi connectivity index (χ0n) is 28.0. The molecule has 4 N–H and O–H groups in total. The fourth-order valence-electron chi connectivity index (χ4n) is 9.95. The highest BCUT2D eigenvalue weighted by molar-refractivity contribution is 5.82. The Morgan fingerprint density at radius 2 is 1.64 bits per heavy atom. The van der Waals surface area contributed by atoms with E-state index in [0.717, 1.165) is 44.5 Å². The number of carbonyl (C=O) groups excluding carboxylic acids is 1. The van der Waals surface area contributed by atoms with Crippen LogP contribution in [0.5, 0.6) is 0 Å². The molecule has 0 spiro atoms. The molecule has 250 valence electrons. The van der Waals surface area contributed by atoms with Crippen molar-refractivity contribution in [3.63, 3.8) is 0 Å². The van der Waals surface area contributed by atoms with Gasteiger partial charge in [-0.2, -0.15) is 0 Å². The Labute approximate surface area is 266 Å². The summed E-state index contributed by atoms with van der Waals surface area (Å²) in [5.74, 6) is 0.828. The Morgan fingerprint density at radius 3 is 2.45 bits per heavy atom. The predicted octanol–water partition coefficient (Wildman–Crippen LogP) is 4.34. The van der Waals surface area contributed by atoms with Crippen LogP contribution in [0.15, 0.2) is 4.99 Å². The molecule has 6 aliphatic heterocycles. The normalized spacial score (nSPS) is 39.2. The summed E-state index contributed by atoms with van der Waals surface area (Å²) in [6.45, 7) is 7.14. The predicted molar refractivity (Wildman–Crippen MR) is 173 cm³/mol. The summed E-state index contributed by atoms with van der Waals surface area (Å²) in [5, 5.41) is 19.8. The van der Waals surface area contributed by atoms with E-state index in [0.29, 0.717) is 42.9 Å². The van der Waals surface area contributed by atoms with Gasteiger partial charge in [-0.05, 0) is 58.8 Å². The van der Waals surface area contributed by atoms with Crippen LogP contribution in [0.1, 0.15) is 143 Å². The number of hydrogen-bond donors (Lipinski definition) is 4. The van der Waals surface area contributed by atoms with Gasteiger partial charge in [-0.3, -0.25) is 20.6 Å². The SMILES string of the molecule is CCCCCCC[C@H]1C[C@H]2CCC3C(C(=O)OCCCCCCC[C@H]4C[C@H]5CC[C@@H]6C[C@H](C)N(O)C(=N4)N56)C(C)NC(N1)[NH+]32. The third kappa shape index (κ3) is 7.11. The molecule has 5 unspecified atom stereocenters. The number of nitrogens with one attached hydrogen (secondary N) is 3. The third-order valence-electron chi connectivity index (χ3n) is 12.2. The van der Waals surface area contributed by atoms with E-state index < -0.39 is 0 Å². The summed E-state index contributed by atoms with van der Waals surface area (Å²) in [5.41, 5.74) is 0. The number of ether oxygens (including phenoxy) is 1. The zero-order chi connectivity index (χ0) is 30.6. The van der Waals surface area contributed by atoms with E-state index in [-0.39, 0.29) is 30.3 Å². The van der Waals surface area contributed by atoms with Gasteiger partial charge in [0, 0.05) is 43.4 Å². The molecule has 0 aromatic rings. The Kier molecular flexibility index (Phi) is 11.1. The van der Waals surface area contributed by atoms with Crippen LogP contribution in [0.3, 0.4) is 0 Å². The van der Waals surface area contributed by atoms with Crippen molar-refractivity contribution < 1.29 is 19.6 Å². The lowest BCUT2D eigenvalue weighted by Crippen LogP contribution is -3.27. The highest BCUT2D eigenvalue weighted by Crippen LogP contribution is 2.39. The Bertz CT molecular complexity index is 980. The Morgan fingerprint density at radius 1 is 0.909 bits per heavy atom. The molecule has 0 aromatic heterocycles. The molecule has 0 bridgehead atoms. The molecule has 0 radical (unpaired) electrons. The summed E-state index contributed by atoms with van der Waals surface area (Å²) in [6, 6.07) is 3.45. The molecule has 0 aromatic carbocycles. The van der Waals surface area contributed by atoms with Crippen molar-refractivity contribution in [3.8, 4) is 0 Å². The number of carbonyl (C=O) groups is 1. The quantitative estimate of drug-likeness (QED) is 0.161. The van der Waals surface area contributed by atoms with Gasteiger partial charge >= 0.3 is 5.97 Å². The van der Waals surface area contributed by atoms with Crippen molar-refractivity contribution in [1.29, 1.82) is 0 Å². The van der Waals surface area contributed by atoms with Crippen molar-refractivity contribution in [2.24, 2.45) is 10.9 Å². The van der Waals surface area contributed by atoms with Gasteiger partial charge in [0.25, 0.3) is 0 Å². The van der Waals surface area contributed by atoms with Gasteiger partial charge in [0.2, 0.25) is 5.96 Å². The first-order valence-electron chi connectivity index (χ1n) is 18.8. The van der Waals surface area contributed by atoms with E-state index in [1.165, 1.54) is 88.5 Å². The van der Waals surface area contributed by atoms with Crippen molar-refractivity contribution in [2.45, 2.75) is 197 Å². The van der Waals surface area contributed by atoms with Crippen LogP contribution in [-0.4, -0.2) is 88.3 Å². The molecule has 6 aliphatic rings. The molecule has 0 aliphatic carbocycles. The maximum Gasteiger partial charge on any atom is 0.316 e. The minimum absolute atomic E-state index is 0.0224. The maximum atomic E-state index is 13.3. The van der Waals surface area contributed by atoms with Crippen LogP contribution >= 0.6 is 0 Å². The van der Waals surface area contributed by atoms with Crippen LogP contribution in [0.4, 0.5) is 0 Å². The number of esters is 1. The second kappa shape index (κ2) is 15.0. The molecule has 5 fully saturated rings. The number of nitrogens with zero attached hydrogens (tertiary/aromatic N) is 3. The number of quaternary nitrogens is 1. The fraction of sp³-hybridized carbons (Fsp3) is 0.943. The highest BCUT2D eigenvalue weighted by atomic mass is 16.5. The monoisotopic (exact) mass is 615 g/mol. The molecule has 6 rings (SSSR count). The molecule has 9 nitrogen and oxygen atoms in total. The summed E-state index contributed by atoms with van der Waals surface area (Å²) in [4.78, 5) is 22.3. The number of rotatable bonds is 15. The molecule has 6 heterocycles. The lowest BCUT2D eigenvalue weighted by atomic mass is 9.88. The number of aliphatic imine (C=N–C) groups is 1. The van der Waals surface area contributed by atoms with E-state index >= 15 is 0 Å². The summed E-state index contributed by atoms with van der Waals surface area (Å²) in [6.07, 6.45) is 23.3. The first-order valence-corrected chi connectivity index (χ1v) is 18.8. The number of hydroxylamine groups is 2. The lowest BCUT2D eigenvalue weighted by molar-refractivity contribution is -0.980. The van der Waals surface area contributed by atoms with Crippen LogP contribution in [0, 0.1) is 5.92 Å². The summed E-state index contributed by atoms with van der Waals surface area (Å²) in [7, 11) is 0. The van der Waals surface area contributed by atoms with E-state index in [1.807, 2.05) is 0 Å². The van der Waals surface area contributed by atoms with E-state index in [4.69, 9.17) is 9.73 Å². The highest BCUT2D eigenvalue weighted by Gasteiger charge is 2.56. The van der Waals surface area contributed by atoms with Gasteiger partial charge < -0.3 is 14.5 Å². The van der Waals surface area contributed by atoms with Crippen LogP contribution in [-0.2, 0) is 9.53 Å². The van der Waals surface area contributed by atoms with E-state index in [9.17, 15) is 10.0 Å². The zero-order valence-corrected chi connectivity index (χ0v) is 28.0. The van der Waals surface area contributed by atoms with Gasteiger partial charge in [0.05, 0.1) is 24.7 Å². The average Bonchev–Trinajstić information content (AvgIpc) is 3.62. The molecular formula is C35H63N6O3+.